The summed E-state index contributed by atoms with van der Waals surface area (Å²) in [5.41, 5.74) is 7.08. The van der Waals surface area contributed by atoms with Gasteiger partial charge in [-0.05, 0) is 36.8 Å². The lowest BCUT2D eigenvalue weighted by Gasteiger charge is -2.23. The minimum absolute atomic E-state index is 0.149. The Morgan fingerprint density at radius 1 is 0.857 bits per heavy atom. The van der Waals surface area contributed by atoms with Crippen molar-refractivity contribution >= 4 is 0 Å². The first-order chi connectivity index (χ1) is 10.1. The normalized spacial score (nSPS) is 13.3. The van der Waals surface area contributed by atoms with Gasteiger partial charge < -0.3 is 19.9 Å². The number of rotatable bonds is 6. The Hall–Kier alpha value is -2.20. The first-order valence-corrected chi connectivity index (χ1v) is 6.84. The average molecular weight is 287 g/mol. The molecule has 0 saturated heterocycles. The van der Waals surface area contributed by atoms with Gasteiger partial charge in [0.1, 0.15) is 23.4 Å². The third kappa shape index (κ3) is 3.89. The first-order valence-electron chi connectivity index (χ1n) is 6.84. The number of hydrogen-bond donors (Lipinski definition) is 1. The summed E-state index contributed by atoms with van der Waals surface area (Å²) in [5, 5.41) is 0. The van der Waals surface area contributed by atoms with Gasteiger partial charge in [0.25, 0.3) is 0 Å². The molecule has 0 fully saturated rings. The molecule has 2 aromatic carbocycles. The molecular formula is C17H21NO3. The van der Waals surface area contributed by atoms with Crippen molar-refractivity contribution in [3.63, 3.8) is 0 Å². The Morgan fingerprint density at radius 2 is 1.48 bits per heavy atom. The Morgan fingerprint density at radius 3 is 2.05 bits per heavy atom. The van der Waals surface area contributed by atoms with Crippen LogP contribution in [0.1, 0.15) is 18.6 Å². The number of nitrogens with two attached hydrogens (primary N) is 1. The van der Waals surface area contributed by atoms with Gasteiger partial charge >= 0.3 is 0 Å². The molecule has 2 aromatic rings. The molecule has 4 nitrogen and oxygen atoms in total. The van der Waals surface area contributed by atoms with Gasteiger partial charge in [-0.25, -0.2) is 0 Å². The van der Waals surface area contributed by atoms with Crippen molar-refractivity contribution in [1.82, 2.24) is 0 Å². The maximum absolute atomic E-state index is 6.07. The summed E-state index contributed by atoms with van der Waals surface area (Å²) in [5.74, 6) is 2.29. The fourth-order valence-corrected chi connectivity index (χ4v) is 2.09. The molecule has 0 aromatic heterocycles. The molecule has 2 atom stereocenters. The predicted octanol–water partition coefficient (Wildman–Crippen LogP) is 3.17. The Bertz CT molecular complexity index is 567. The van der Waals surface area contributed by atoms with Gasteiger partial charge in [0.2, 0.25) is 0 Å². The summed E-state index contributed by atoms with van der Waals surface area (Å²) in [4.78, 5) is 0. The number of methoxy groups -OCH3 is 2. The molecule has 0 aliphatic carbocycles. The van der Waals surface area contributed by atoms with Crippen LogP contribution in [0, 0.1) is 0 Å². The van der Waals surface area contributed by atoms with E-state index in [0.29, 0.717) is 0 Å². The van der Waals surface area contributed by atoms with Gasteiger partial charge in [-0.15, -0.1) is 0 Å². The fourth-order valence-electron chi connectivity index (χ4n) is 2.09. The molecule has 112 valence electrons. The quantitative estimate of drug-likeness (QED) is 0.886. The van der Waals surface area contributed by atoms with Crippen molar-refractivity contribution in [2.45, 2.75) is 19.1 Å². The maximum atomic E-state index is 6.07. The average Bonchev–Trinajstić information content (AvgIpc) is 2.52. The highest BCUT2D eigenvalue weighted by Crippen LogP contribution is 2.27. The third-order valence-electron chi connectivity index (χ3n) is 3.23. The highest BCUT2D eigenvalue weighted by atomic mass is 16.5. The molecule has 0 heterocycles. The van der Waals surface area contributed by atoms with Crippen molar-refractivity contribution in [2.75, 3.05) is 14.2 Å². The second kappa shape index (κ2) is 6.99. The van der Waals surface area contributed by atoms with Crippen LogP contribution in [0.3, 0.4) is 0 Å². The van der Waals surface area contributed by atoms with Crippen LogP contribution in [0.15, 0.2) is 48.5 Å². The Kier molecular flexibility index (Phi) is 5.06. The largest absolute Gasteiger partial charge is 0.497 e. The van der Waals surface area contributed by atoms with Gasteiger partial charge in [-0.1, -0.05) is 18.2 Å². The van der Waals surface area contributed by atoms with Gasteiger partial charge in [0.15, 0.2) is 0 Å². The van der Waals surface area contributed by atoms with Crippen LogP contribution in [0.25, 0.3) is 0 Å². The molecule has 0 bridgehead atoms. The number of hydrogen-bond acceptors (Lipinski definition) is 4. The lowest BCUT2D eigenvalue weighted by atomic mass is 10.0. The van der Waals surface area contributed by atoms with E-state index in [4.69, 9.17) is 19.9 Å². The molecule has 0 amide bonds. The van der Waals surface area contributed by atoms with Gasteiger partial charge in [0, 0.05) is 12.1 Å². The molecule has 4 heteroatoms. The van der Waals surface area contributed by atoms with Crippen molar-refractivity contribution < 1.29 is 14.2 Å². The van der Waals surface area contributed by atoms with E-state index in [1.165, 1.54) is 0 Å². The molecule has 0 spiro atoms. The zero-order chi connectivity index (χ0) is 15.2. The van der Waals surface area contributed by atoms with Crippen LogP contribution in [-0.4, -0.2) is 20.3 Å². The molecular weight excluding hydrogens is 266 g/mol. The molecule has 0 aliphatic heterocycles. The zero-order valence-corrected chi connectivity index (χ0v) is 12.6. The standard InChI is InChI=1S/C17H21NO3/c1-12(18)17(13-7-9-14(19-2)10-8-13)21-16-6-4-5-15(11-16)20-3/h4-12,17H,18H2,1-3H3. The molecule has 0 saturated carbocycles. The van der Waals surface area contributed by atoms with Crippen molar-refractivity contribution in [3.05, 3.63) is 54.1 Å². The Labute approximate surface area is 125 Å². The maximum Gasteiger partial charge on any atom is 0.138 e. The van der Waals surface area contributed by atoms with E-state index < -0.39 is 0 Å². The molecule has 21 heavy (non-hydrogen) atoms. The van der Waals surface area contributed by atoms with E-state index in [2.05, 4.69) is 0 Å². The predicted molar refractivity (Wildman–Crippen MR) is 83.0 cm³/mol. The highest BCUT2D eigenvalue weighted by molar-refractivity contribution is 5.34. The summed E-state index contributed by atoms with van der Waals surface area (Å²) in [6.07, 6.45) is -0.233. The van der Waals surface area contributed by atoms with E-state index in [1.807, 2.05) is 55.5 Å². The Balaban J connectivity index is 2.21. The molecule has 2 rings (SSSR count). The first kappa shape index (κ1) is 15.2. The minimum atomic E-state index is -0.233. The van der Waals surface area contributed by atoms with E-state index in [0.717, 1.165) is 22.8 Å². The summed E-state index contributed by atoms with van der Waals surface area (Å²) in [6.45, 7) is 1.93. The van der Waals surface area contributed by atoms with Crippen LogP contribution in [0.4, 0.5) is 0 Å². The van der Waals surface area contributed by atoms with Crippen LogP contribution < -0.4 is 19.9 Å². The topological polar surface area (TPSA) is 53.7 Å². The van der Waals surface area contributed by atoms with Crippen molar-refractivity contribution in [2.24, 2.45) is 5.73 Å². The third-order valence-corrected chi connectivity index (χ3v) is 3.23. The van der Waals surface area contributed by atoms with E-state index in [9.17, 15) is 0 Å². The summed E-state index contributed by atoms with van der Waals surface area (Å²) < 4.78 is 16.4. The number of ether oxygens (including phenoxy) is 3. The van der Waals surface area contributed by atoms with E-state index in [1.54, 1.807) is 14.2 Å². The van der Waals surface area contributed by atoms with Gasteiger partial charge in [-0.3, -0.25) is 0 Å². The smallest absolute Gasteiger partial charge is 0.138 e. The summed E-state index contributed by atoms with van der Waals surface area (Å²) >= 11 is 0. The zero-order valence-electron chi connectivity index (χ0n) is 12.6. The SMILES string of the molecule is COc1ccc(C(Oc2cccc(OC)c2)C(C)N)cc1. The summed E-state index contributed by atoms with van der Waals surface area (Å²) in [6, 6.07) is 15.1. The lowest BCUT2D eigenvalue weighted by Crippen LogP contribution is -2.29. The van der Waals surface area contributed by atoms with Gasteiger partial charge in [-0.2, -0.15) is 0 Å². The molecule has 0 aliphatic rings. The molecule has 2 N–H and O–H groups in total. The molecule has 0 radical (unpaired) electrons. The minimum Gasteiger partial charge on any atom is -0.497 e. The van der Waals surface area contributed by atoms with Crippen LogP contribution in [0.2, 0.25) is 0 Å². The fraction of sp³-hybridized carbons (Fsp3) is 0.294. The van der Waals surface area contributed by atoms with Crippen molar-refractivity contribution in [3.8, 4) is 17.2 Å². The summed E-state index contributed by atoms with van der Waals surface area (Å²) in [7, 11) is 3.27. The van der Waals surface area contributed by atoms with E-state index >= 15 is 0 Å². The van der Waals surface area contributed by atoms with Crippen molar-refractivity contribution in [1.29, 1.82) is 0 Å². The molecule has 2 unspecified atom stereocenters. The van der Waals surface area contributed by atoms with Crippen LogP contribution >= 0.6 is 0 Å². The van der Waals surface area contributed by atoms with Gasteiger partial charge in [0.05, 0.1) is 14.2 Å². The second-order valence-corrected chi connectivity index (χ2v) is 4.85. The second-order valence-electron chi connectivity index (χ2n) is 4.85. The lowest BCUT2D eigenvalue weighted by molar-refractivity contribution is 0.179. The van der Waals surface area contributed by atoms with Crippen LogP contribution in [-0.2, 0) is 0 Å². The number of benzene rings is 2. The van der Waals surface area contributed by atoms with E-state index in [-0.39, 0.29) is 12.1 Å². The monoisotopic (exact) mass is 287 g/mol. The highest BCUT2D eigenvalue weighted by Gasteiger charge is 2.18. The van der Waals surface area contributed by atoms with Crippen LogP contribution in [0.5, 0.6) is 17.2 Å².